The number of carbonyl (C=O) groups is 1. The minimum absolute atomic E-state index is 0.223. The molecule has 2 N–H and O–H groups in total. The van der Waals surface area contributed by atoms with Crippen molar-refractivity contribution in [2.45, 2.75) is 57.0 Å². The van der Waals surface area contributed by atoms with Crippen LogP contribution in [0.3, 0.4) is 0 Å². The van der Waals surface area contributed by atoms with Crippen LogP contribution in [0.5, 0.6) is 0 Å². The third kappa shape index (κ3) is 3.46. The van der Waals surface area contributed by atoms with Crippen LogP contribution in [-0.2, 0) is 11.2 Å². The molecule has 0 aromatic heterocycles. The van der Waals surface area contributed by atoms with Crippen LogP contribution < -0.4 is 5.73 Å². The van der Waals surface area contributed by atoms with Gasteiger partial charge in [-0.15, -0.1) is 0 Å². The van der Waals surface area contributed by atoms with Crippen LogP contribution in [0, 0.1) is 5.92 Å². The summed E-state index contributed by atoms with van der Waals surface area (Å²) in [4.78, 5) is 15.0. The Bertz CT molecular complexity index is 465. The summed E-state index contributed by atoms with van der Waals surface area (Å²) in [6.07, 6.45) is 7.27. The minimum Gasteiger partial charge on any atom is -0.339 e. The Morgan fingerprint density at radius 3 is 2.52 bits per heavy atom. The maximum atomic E-state index is 12.8. The predicted molar refractivity (Wildman–Crippen MR) is 84.8 cm³/mol. The number of benzene rings is 1. The molecule has 2 aliphatic rings. The molecule has 0 bridgehead atoms. The van der Waals surface area contributed by atoms with Crippen LogP contribution in [0.25, 0.3) is 0 Å². The van der Waals surface area contributed by atoms with E-state index in [1.165, 1.54) is 5.56 Å². The number of hydrogen-bond acceptors (Lipinski definition) is 2. The SMILES string of the molecule is NC1CCC(C(=O)N2CCCC2Cc2ccccc2)CC1. The molecule has 1 aliphatic heterocycles. The minimum atomic E-state index is 0.223. The summed E-state index contributed by atoms with van der Waals surface area (Å²) in [5, 5.41) is 0. The van der Waals surface area contributed by atoms with E-state index in [4.69, 9.17) is 5.73 Å². The van der Waals surface area contributed by atoms with E-state index in [1.54, 1.807) is 0 Å². The lowest BCUT2D eigenvalue weighted by Crippen LogP contribution is -2.42. The maximum absolute atomic E-state index is 12.8. The molecule has 3 heteroatoms. The smallest absolute Gasteiger partial charge is 0.225 e. The van der Waals surface area contributed by atoms with Gasteiger partial charge in [0.25, 0.3) is 0 Å². The summed E-state index contributed by atoms with van der Waals surface area (Å²) in [7, 11) is 0. The van der Waals surface area contributed by atoms with Gasteiger partial charge in [-0.25, -0.2) is 0 Å². The fourth-order valence-electron chi connectivity index (χ4n) is 3.82. The quantitative estimate of drug-likeness (QED) is 0.928. The highest BCUT2D eigenvalue weighted by molar-refractivity contribution is 5.79. The molecule has 0 spiro atoms. The Morgan fingerprint density at radius 1 is 1.10 bits per heavy atom. The van der Waals surface area contributed by atoms with E-state index in [9.17, 15) is 4.79 Å². The molecule has 1 saturated heterocycles. The van der Waals surface area contributed by atoms with Gasteiger partial charge in [0.15, 0.2) is 0 Å². The topological polar surface area (TPSA) is 46.3 Å². The number of hydrogen-bond donors (Lipinski definition) is 1. The summed E-state index contributed by atoms with van der Waals surface area (Å²) >= 11 is 0. The molecule has 1 aromatic carbocycles. The largest absolute Gasteiger partial charge is 0.339 e. The molecular formula is C18H26N2O. The number of rotatable bonds is 3. The molecule has 1 saturated carbocycles. The second kappa shape index (κ2) is 6.61. The first kappa shape index (κ1) is 14.6. The lowest BCUT2D eigenvalue weighted by atomic mass is 9.85. The van der Waals surface area contributed by atoms with Crippen molar-refractivity contribution in [1.82, 2.24) is 4.90 Å². The van der Waals surface area contributed by atoms with Gasteiger partial charge in [0.2, 0.25) is 5.91 Å². The molecule has 1 heterocycles. The Balaban J connectivity index is 1.62. The van der Waals surface area contributed by atoms with E-state index in [1.807, 2.05) is 6.07 Å². The third-order valence-electron chi connectivity index (χ3n) is 5.10. The molecule has 3 rings (SSSR count). The van der Waals surface area contributed by atoms with Gasteiger partial charge in [-0.2, -0.15) is 0 Å². The van der Waals surface area contributed by atoms with Gasteiger partial charge in [-0.1, -0.05) is 30.3 Å². The van der Waals surface area contributed by atoms with E-state index < -0.39 is 0 Å². The molecule has 114 valence electrons. The zero-order valence-corrected chi connectivity index (χ0v) is 12.7. The molecule has 0 radical (unpaired) electrons. The molecule has 1 unspecified atom stereocenters. The highest BCUT2D eigenvalue weighted by Crippen LogP contribution is 2.29. The van der Waals surface area contributed by atoms with Gasteiger partial charge in [-0.3, -0.25) is 4.79 Å². The van der Waals surface area contributed by atoms with Crippen LogP contribution in [0.15, 0.2) is 30.3 Å². The second-order valence-electron chi connectivity index (χ2n) is 6.63. The van der Waals surface area contributed by atoms with Crippen molar-refractivity contribution < 1.29 is 4.79 Å². The number of carbonyl (C=O) groups excluding carboxylic acids is 1. The first-order valence-corrected chi connectivity index (χ1v) is 8.34. The Hall–Kier alpha value is -1.35. The first-order valence-electron chi connectivity index (χ1n) is 8.34. The third-order valence-corrected chi connectivity index (χ3v) is 5.10. The molecule has 2 fully saturated rings. The van der Waals surface area contributed by atoms with Gasteiger partial charge >= 0.3 is 0 Å². The number of nitrogens with two attached hydrogens (primary N) is 1. The fourth-order valence-corrected chi connectivity index (χ4v) is 3.82. The summed E-state index contributed by atoms with van der Waals surface area (Å²) in [5.41, 5.74) is 7.30. The van der Waals surface area contributed by atoms with E-state index in [0.29, 0.717) is 18.0 Å². The van der Waals surface area contributed by atoms with Crippen molar-refractivity contribution in [3.63, 3.8) is 0 Å². The van der Waals surface area contributed by atoms with Crippen LogP contribution in [0.1, 0.15) is 44.1 Å². The Kier molecular flexibility index (Phi) is 4.59. The van der Waals surface area contributed by atoms with E-state index in [-0.39, 0.29) is 5.92 Å². The molecule has 1 aliphatic carbocycles. The average Bonchev–Trinajstić information content (AvgIpc) is 2.96. The monoisotopic (exact) mass is 286 g/mol. The van der Waals surface area contributed by atoms with Crippen LogP contribution in [0.2, 0.25) is 0 Å². The number of likely N-dealkylation sites (tertiary alicyclic amines) is 1. The van der Waals surface area contributed by atoms with Crippen molar-refractivity contribution in [3.05, 3.63) is 35.9 Å². The fraction of sp³-hybridized carbons (Fsp3) is 0.611. The van der Waals surface area contributed by atoms with Gasteiger partial charge in [0.1, 0.15) is 0 Å². The standard InChI is InChI=1S/C18H26N2O/c19-16-10-8-15(9-11-16)18(21)20-12-4-7-17(20)13-14-5-2-1-3-6-14/h1-3,5-6,15-17H,4,7-13,19H2. The molecule has 3 nitrogen and oxygen atoms in total. The van der Waals surface area contributed by atoms with Crippen molar-refractivity contribution in [1.29, 1.82) is 0 Å². The number of nitrogens with zero attached hydrogens (tertiary/aromatic N) is 1. The number of amides is 1. The average molecular weight is 286 g/mol. The molecule has 1 amide bonds. The molecule has 1 aromatic rings. The lowest BCUT2D eigenvalue weighted by molar-refractivity contribution is -0.137. The van der Waals surface area contributed by atoms with Crippen LogP contribution in [0.4, 0.5) is 0 Å². The van der Waals surface area contributed by atoms with Crippen molar-refractivity contribution >= 4 is 5.91 Å². The Morgan fingerprint density at radius 2 is 1.81 bits per heavy atom. The first-order chi connectivity index (χ1) is 10.2. The zero-order chi connectivity index (χ0) is 14.7. The van der Waals surface area contributed by atoms with Gasteiger partial charge in [0.05, 0.1) is 0 Å². The van der Waals surface area contributed by atoms with Crippen LogP contribution >= 0.6 is 0 Å². The second-order valence-corrected chi connectivity index (χ2v) is 6.63. The molecule has 21 heavy (non-hydrogen) atoms. The van der Waals surface area contributed by atoms with Gasteiger partial charge in [-0.05, 0) is 50.5 Å². The summed E-state index contributed by atoms with van der Waals surface area (Å²) in [6, 6.07) is 11.3. The van der Waals surface area contributed by atoms with Crippen LogP contribution in [-0.4, -0.2) is 29.4 Å². The summed E-state index contributed by atoms with van der Waals surface area (Å²) in [5.74, 6) is 0.613. The van der Waals surface area contributed by atoms with Crippen molar-refractivity contribution in [2.24, 2.45) is 11.7 Å². The summed E-state index contributed by atoms with van der Waals surface area (Å²) in [6.45, 7) is 0.943. The zero-order valence-electron chi connectivity index (χ0n) is 12.7. The highest BCUT2D eigenvalue weighted by Gasteiger charge is 2.34. The molecule has 1 atom stereocenters. The predicted octanol–water partition coefficient (Wildman–Crippen LogP) is 2.74. The lowest BCUT2D eigenvalue weighted by Gasteiger charge is -2.32. The highest BCUT2D eigenvalue weighted by atomic mass is 16.2. The van der Waals surface area contributed by atoms with E-state index in [0.717, 1.165) is 51.5 Å². The van der Waals surface area contributed by atoms with Crippen molar-refractivity contribution in [3.8, 4) is 0 Å². The van der Waals surface area contributed by atoms with Gasteiger partial charge in [0, 0.05) is 24.5 Å². The Labute approximate surface area is 127 Å². The maximum Gasteiger partial charge on any atom is 0.225 e. The molecular weight excluding hydrogens is 260 g/mol. The normalized spacial score (nSPS) is 29.6. The van der Waals surface area contributed by atoms with E-state index in [2.05, 4.69) is 29.2 Å². The van der Waals surface area contributed by atoms with Gasteiger partial charge < -0.3 is 10.6 Å². The summed E-state index contributed by atoms with van der Waals surface area (Å²) < 4.78 is 0. The van der Waals surface area contributed by atoms with E-state index >= 15 is 0 Å². The van der Waals surface area contributed by atoms with Crippen molar-refractivity contribution in [2.75, 3.05) is 6.54 Å².